The Bertz CT molecular complexity index is 702. The van der Waals surface area contributed by atoms with Crippen LogP contribution in [0.1, 0.15) is 44.9 Å². The zero-order chi connectivity index (χ0) is 19.1. The van der Waals surface area contributed by atoms with Gasteiger partial charge in [0.2, 0.25) is 0 Å². The number of hydrogen-bond donors (Lipinski definition) is 0. The van der Waals surface area contributed by atoms with E-state index in [1.165, 1.54) is 56.2 Å². The molecule has 1 aromatic carbocycles. The summed E-state index contributed by atoms with van der Waals surface area (Å²) in [5, 5.41) is 0. The number of nitrogens with zero attached hydrogens (tertiary/aromatic N) is 2. The van der Waals surface area contributed by atoms with Crippen LogP contribution in [0.2, 0.25) is 0 Å². The van der Waals surface area contributed by atoms with Crippen molar-refractivity contribution in [1.82, 2.24) is 4.90 Å². The van der Waals surface area contributed by atoms with Crippen LogP contribution in [-0.2, 0) is 4.74 Å². The normalized spacial score (nSPS) is 34.4. The molecule has 1 saturated heterocycles. The number of carbonyl (C=O) groups is 1. The fraction of sp³-hybridized carbons (Fsp3) is 0.696. The minimum absolute atomic E-state index is 0.196. The first-order chi connectivity index (χ1) is 13.6. The maximum absolute atomic E-state index is 11.9. The molecule has 5 heteroatoms. The van der Waals surface area contributed by atoms with E-state index >= 15 is 0 Å². The van der Waals surface area contributed by atoms with Gasteiger partial charge in [-0.1, -0.05) is 12.1 Å². The third kappa shape index (κ3) is 3.51. The fourth-order valence-electron chi connectivity index (χ4n) is 6.66. The highest BCUT2D eigenvalue weighted by molar-refractivity contribution is 8.00. The van der Waals surface area contributed by atoms with Gasteiger partial charge < -0.3 is 14.5 Å². The average Bonchev–Trinajstić information content (AvgIpc) is 2.92. The summed E-state index contributed by atoms with van der Waals surface area (Å²) in [5.41, 5.74) is 1.37. The molecular formula is C23H32N2O2S. The first-order valence-corrected chi connectivity index (χ1v) is 11.8. The predicted molar refractivity (Wildman–Crippen MR) is 114 cm³/mol. The number of amides is 1. The van der Waals surface area contributed by atoms with Crippen LogP contribution in [0.15, 0.2) is 29.2 Å². The first kappa shape index (κ1) is 18.7. The van der Waals surface area contributed by atoms with Crippen molar-refractivity contribution >= 4 is 23.5 Å². The molecule has 1 heterocycles. The quantitative estimate of drug-likeness (QED) is 0.713. The fourth-order valence-corrected chi connectivity index (χ4v) is 8.54. The van der Waals surface area contributed by atoms with Gasteiger partial charge in [0.15, 0.2) is 0 Å². The molecule has 4 nitrogen and oxygen atoms in total. The van der Waals surface area contributed by atoms with Gasteiger partial charge in [-0.25, -0.2) is 4.79 Å². The second-order valence-corrected chi connectivity index (χ2v) is 11.0. The van der Waals surface area contributed by atoms with Crippen molar-refractivity contribution in [3.63, 3.8) is 0 Å². The Morgan fingerprint density at radius 3 is 2.36 bits per heavy atom. The van der Waals surface area contributed by atoms with Crippen LogP contribution in [0, 0.1) is 17.8 Å². The van der Waals surface area contributed by atoms with Gasteiger partial charge in [0.05, 0.1) is 12.8 Å². The molecule has 5 aliphatic rings. The average molecular weight is 401 g/mol. The van der Waals surface area contributed by atoms with E-state index in [1.807, 2.05) is 4.90 Å². The van der Waals surface area contributed by atoms with Gasteiger partial charge in [-0.05, 0) is 74.8 Å². The Morgan fingerprint density at radius 1 is 1.00 bits per heavy atom. The number of benzene rings is 1. The van der Waals surface area contributed by atoms with Crippen molar-refractivity contribution in [1.29, 1.82) is 0 Å². The minimum Gasteiger partial charge on any atom is -0.453 e. The van der Waals surface area contributed by atoms with Gasteiger partial charge in [-0.2, -0.15) is 0 Å². The van der Waals surface area contributed by atoms with Gasteiger partial charge in [-0.15, -0.1) is 11.8 Å². The summed E-state index contributed by atoms with van der Waals surface area (Å²) in [6.45, 7) is 3.41. The SMILES string of the molecule is COC(=O)N1CCCN(c2ccccc2SC23CC4CC(CC(C4)C2)C3)CC1. The molecule has 1 aromatic rings. The van der Waals surface area contributed by atoms with Crippen LogP contribution in [0.5, 0.6) is 0 Å². The van der Waals surface area contributed by atoms with E-state index in [2.05, 4.69) is 40.9 Å². The summed E-state index contributed by atoms with van der Waals surface area (Å²) in [7, 11) is 1.47. The van der Waals surface area contributed by atoms with E-state index in [9.17, 15) is 4.79 Å². The highest BCUT2D eigenvalue weighted by Crippen LogP contribution is 2.62. The van der Waals surface area contributed by atoms with Gasteiger partial charge in [0.1, 0.15) is 0 Å². The zero-order valence-corrected chi connectivity index (χ0v) is 17.8. The zero-order valence-electron chi connectivity index (χ0n) is 16.9. The Balaban J connectivity index is 1.34. The van der Waals surface area contributed by atoms with Crippen molar-refractivity contribution in [2.24, 2.45) is 17.8 Å². The van der Waals surface area contributed by atoms with E-state index in [0.717, 1.165) is 50.4 Å². The summed E-state index contributed by atoms with van der Waals surface area (Å²) < 4.78 is 5.41. The van der Waals surface area contributed by atoms with Crippen LogP contribution >= 0.6 is 11.8 Å². The summed E-state index contributed by atoms with van der Waals surface area (Å²) in [6, 6.07) is 8.99. The molecule has 152 valence electrons. The number of methoxy groups -OCH3 is 1. The maximum atomic E-state index is 11.9. The largest absolute Gasteiger partial charge is 0.453 e. The highest BCUT2D eigenvalue weighted by Gasteiger charge is 2.51. The number of ether oxygens (including phenoxy) is 1. The Labute approximate surface area is 173 Å². The van der Waals surface area contributed by atoms with Crippen LogP contribution in [0.4, 0.5) is 10.5 Å². The minimum atomic E-state index is -0.196. The van der Waals surface area contributed by atoms with Crippen LogP contribution in [0.3, 0.4) is 0 Å². The van der Waals surface area contributed by atoms with Crippen molar-refractivity contribution in [3.05, 3.63) is 24.3 Å². The number of hydrogen-bond acceptors (Lipinski definition) is 4. The molecule has 1 aliphatic heterocycles. The van der Waals surface area contributed by atoms with Gasteiger partial charge in [0.25, 0.3) is 0 Å². The molecule has 1 amide bonds. The molecule has 0 aromatic heterocycles. The highest BCUT2D eigenvalue weighted by atomic mass is 32.2. The van der Waals surface area contributed by atoms with Crippen LogP contribution < -0.4 is 4.90 Å². The lowest BCUT2D eigenvalue weighted by Crippen LogP contribution is -2.48. The second-order valence-electron chi connectivity index (χ2n) is 9.47. The molecule has 5 fully saturated rings. The third-order valence-corrected chi connectivity index (χ3v) is 8.94. The standard InChI is InChI=1S/C23H32N2O2S/c1-27-22(26)25-8-4-7-24(9-10-25)20-5-2-3-6-21(20)28-23-14-17-11-18(15-23)13-19(12-17)16-23/h2-3,5-6,17-19H,4,7-16H2,1H3. The van der Waals surface area contributed by atoms with Crippen LogP contribution in [-0.4, -0.2) is 49.0 Å². The van der Waals surface area contributed by atoms with Crippen LogP contribution in [0.25, 0.3) is 0 Å². The topological polar surface area (TPSA) is 32.8 Å². The molecule has 4 bridgehead atoms. The third-order valence-electron chi connectivity index (χ3n) is 7.44. The molecule has 4 aliphatic carbocycles. The van der Waals surface area contributed by atoms with Gasteiger partial charge in [-0.3, -0.25) is 0 Å². The van der Waals surface area contributed by atoms with Crippen molar-refractivity contribution < 1.29 is 9.53 Å². The molecule has 0 spiro atoms. The van der Waals surface area contributed by atoms with E-state index in [1.54, 1.807) is 0 Å². The Hall–Kier alpha value is -1.36. The summed E-state index contributed by atoms with van der Waals surface area (Å²) in [6.07, 6.45) is 9.56. The molecule has 0 radical (unpaired) electrons. The summed E-state index contributed by atoms with van der Waals surface area (Å²) >= 11 is 2.19. The second kappa shape index (κ2) is 7.47. The summed E-state index contributed by atoms with van der Waals surface area (Å²) in [4.78, 5) is 17.7. The first-order valence-electron chi connectivity index (χ1n) is 11.0. The monoisotopic (exact) mass is 400 g/mol. The molecule has 0 unspecified atom stereocenters. The van der Waals surface area contributed by atoms with Crippen molar-refractivity contribution in [2.75, 3.05) is 38.2 Å². The summed E-state index contributed by atoms with van der Waals surface area (Å²) in [5.74, 6) is 2.95. The van der Waals surface area contributed by atoms with E-state index in [4.69, 9.17) is 4.74 Å². The Kier molecular flexibility index (Phi) is 4.98. The molecular weight excluding hydrogens is 368 g/mol. The molecule has 4 saturated carbocycles. The number of para-hydroxylation sites is 1. The van der Waals surface area contributed by atoms with Gasteiger partial charge in [0, 0.05) is 35.8 Å². The van der Waals surface area contributed by atoms with E-state index in [0.29, 0.717) is 4.75 Å². The molecule has 6 rings (SSSR count). The number of carbonyl (C=O) groups excluding carboxylic acids is 1. The van der Waals surface area contributed by atoms with E-state index < -0.39 is 0 Å². The molecule has 0 atom stereocenters. The Morgan fingerprint density at radius 2 is 1.68 bits per heavy atom. The number of thioether (sulfide) groups is 1. The molecule has 0 N–H and O–H groups in total. The lowest BCUT2D eigenvalue weighted by Gasteiger charge is -2.56. The lowest BCUT2D eigenvalue weighted by molar-refractivity contribution is 0.0383. The van der Waals surface area contributed by atoms with Gasteiger partial charge >= 0.3 is 6.09 Å². The predicted octanol–water partition coefficient (Wildman–Crippen LogP) is 5.03. The van der Waals surface area contributed by atoms with Crippen molar-refractivity contribution in [2.45, 2.75) is 54.6 Å². The molecule has 28 heavy (non-hydrogen) atoms. The number of rotatable bonds is 3. The number of anilines is 1. The maximum Gasteiger partial charge on any atom is 0.409 e. The lowest BCUT2D eigenvalue weighted by atomic mass is 9.56. The van der Waals surface area contributed by atoms with Crippen molar-refractivity contribution in [3.8, 4) is 0 Å². The van der Waals surface area contributed by atoms with E-state index in [-0.39, 0.29) is 6.09 Å². The smallest absolute Gasteiger partial charge is 0.409 e.